The van der Waals surface area contributed by atoms with E-state index in [1.807, 2.05) is 29.7 Å². The van der Waals surface area contributed by atoms with Crippen molar-refractivity contribution >= 4 is 34.7 Å². The van der Waals surface area contributed by atoms with Crippen molar-refractivity contribution in [2.24, 2.45) is 0 Å². The van der Waals surface area contributed by atoms with Crippen LogP contribution in [-0.4, -0.2) is 39.3 Å². The number of nitrogens with zero attached hydrogens (tertiary/aromatic N) is 2. The van der Waals surface area contributed by atoms with Gasteiger partial charge in [-0.2, -0.15) is 0 Å². The average molecular weight is 307 g/mol. The molecule has 21 heavy (non-hydrogen) atoms. The number of rotatable bonds is 6. The Kier molecular flexibility index (Phi) is 4.85. The van der Waals surface area contributed by atoms with E-state index in [0.717, 1.165) is 16.6 Å². The molecule has 0 spiro atoms. The zero-order valence-corrected chi connectivity index (χ0v) is 12.7. The van der Waals surface area contributed by atoms with Crippen LogP contribution in [0.1, 0.15) is 12.0 Å². The first kappa shape index (κ1) is 15.4. The molecule has 0 fully saturated rings. The van der Waals surface area contributed by atoms with Crippen LogP contribution in [-0.2, 0) is 16.1 Å². The maximum Gasteiger partial charge on any atom is 0.313 e. The zero-order chi connectivity index (χ0) is 15.4. The van der Waals surface area contributed by atoms with Gasteiger partial charge in [-0.3, -0.25) is 9.59 Å². The lowest BCUT2D eigenvalue weighted by atomic mass is 10.2. The van der Waals surface area contributed by atoms with Crippen LogP contribution in [0.25, 0.3) is 11.0 Å². The highest BCUT2D eigenvalue weighted by Gasteiger charge is 2.13. The Morgan fingerprint density at radius 3 is 2.86 bits per heavy atom. The summed E-state index contributed by atoms with van der Waals surface area (Å²) in [6.07, 6.45) is 0.330. The van der Waals surface area contributed by atoms with Crippen LogP contribution in [0.3, 0.4) is 0 Å². The van der Waals surface area contributed by atoms with Gasteiger partial charge in [-0.15, -0.1) is 0 Å². The monoisotopic (exact) mass is 307 g/mol. The molecule has 0 unspecified atom stereocenters. The summed E-state index contributed by atoms with van der Waals surface area (Å²) in [5.41, 5.74) is 2.82. The van der Waals surface area contributed by atoms with Crippen LogP contribution in [0.5, 0.6) is 0 Å². The number of amides is 1. The van der Waals surface area contributed by atoms with E-state index in [4.69, 9.17) is 5.11 Å². The normalized spacial score (nSPS) is 10.8. The number of thioether (sulfide) groups is 1. The first-order chi connectivity index (χ1) is 10.0. The van der Waals surface area contributed by atoms with Crippen LogP contribution in [0, 0.1) is 6.92 Å². The number of nitrogens with one attached hydrogen (secondary N) is 1. The van der Waals surface area contributed by atoms with Crippen molar-refractivity contribution in [3.63, 3.8) is 0 Å². The molecule has 0 radical (unpaired) electrons. The van der Waals surface area contributed by atoms with Gasteiger partial charge >= 0.3 is 5.97 Å². The van der Waals surface area contributed by atoms with Crippen LogP contribution >= 0.6 is 11.8 Å². The summed E-state index contributed by atoms with van der Waals surface area (Å²) >= 11 is 1.17. The van der Waals surface area contributed by atoms with Crippen LogP contribution < -0.4 is 5.32 Å². The third-order valence-electron chi connectivity index (χ3n) is 3.03. The fourth-order valence-electron chi connectivity index (χ4n) is 2.01. The number of carboxylic acids is 1. The second kappa shape index (κ2) is 6.62. The van der Waals surface area contributed by atoms with Gasteiger partial charge in [0.1, 0.15) is 0 Å². The SMILES string of the molecule is CNC(=O)CCn1c(SCC(=O)O)nc2cc(C)ccc21. The molecule has 0 aliphatic rings. The highest BCUT2D eigenvalue weighted by molar-refractivity contribution is 7.99. The summed E-state index contributed by atoms with van der Waals surface area (Å²) in [5.74, 6) is -0.998. The molecule has 2 rings (SSSR count). The van der Waals surface area contributed by atoms with Gasteiger partial charge in [0.2, 0.25) is 5.91 Å². The van der Waals surface area contributed by atoms with Crippen molar-refractivity contribution in [1.82, 2.24) is 14.9 Å². The molecule has 0 aliphatic heterocycles. The first-order valence-electron chi connectivity index (χ1n) is 6.53. The molecule has 7 heteroatoms. The zero-order valence-electron chi connectivity index (χ0n) is 11.9. The number of carboxylic acid groups (broad SMARTS) is 1. The molecule has 2 aromatic rings. The largest absolute Gasteiger partial charge is 0.481 e. The number of hydrogen-bond donors (Lipinski definition) is 2. The molecule has 0 atom stereocenters. The molecule has 2 N–H and O–H groups in total. The number of carbonyl (C=O) groups is 2. The molecule has 1 heterocycles. The molecule has 1 amide bonds. The predicted octanol–water partition coefficient (Wildman–Crippen LogP) is 1.66. The Morgan fingerprint density at radius 1 is 1.43 bits per heavy atom. The van der Waals surface area contributed by atoms with Crippen molar-refractivity contribution in [3.05, 3.63) is 23.8 Å². The number of aromatic nitrogens is 2. The molecule has 1 aromatic carbocycles. The molecule has 6 nitrogen and oxygen atoms in total. The van der Waals surface area contributed by atoms with Gasteiger partial charge in [-0.25, -0.2) is 4.98 Å². The van der Waals surface area contributed by atoms with Crippen LogP contribution in [0.15, 0.2) is 23.4 Å². The number of imidazole rings is 1. The van der Waals surface area contributed by atoms with Gasteiger partial charge in [0, 0.05) is 20.0 Å². The summed E-state index contributed by atoms with van der Waals surface area (Å²) in [7, 11) is 1.60. The third-order valence-corrected chi connectivity index (χ3v) is 4.00. The van der Waals surface area contributed by atoms with Crippen LogP contribution in [0.4, 0.5) is 0 Å². The van der Waals surface area contributed by atoms with Crippen molar-refractivity contribution in [1.29, 1.82) is 0 Å². The van der Waals surface area contributed by atoms with E-state index in [0.29, 0.717) is 18.1 Å². The van der Waals surface area contributed by atoms with E-state index < -0.39 is 5.97 Å². The maximum atomic E-state index is 11.4. The van der Waals surface area contributed by atoms with Gasteiger partial charge in [-0.05, 0) is 24.6 Å². The molecule has 0 aliphatic carbocycles. The molecule has 1 aromatic heterocycles. The van der Waals surface area contributed by atoms with Gasteiger partial charge in [0.15, 0.2) is 5.16 Å². The Hall–Kier alpha value is -2.02. The topological polar surface area (TPSA) is 84.2 Å². The number of aliphatic carboxylic acids is 1. The summed E-state index contributed by atoms with van der Waals surface area (Å²) in [5, 5.41) is 12.0. The first-order valence-corrected chi connectivity index (χ1v) is 7.52. The maximum absolute atomic E-state index is 11.4. The average Bonchev–Trinajstić information content (AvgIpc) is 2.79. The molecule has 0 bridgehead atoms. The third kappa shape index (κ3) is 3.75. The minimum Gasteiger partial charge on any atom is -0.481 e. The summed E-state index contributed by atoms with van der Waals surface area (Å²) < 4.78 is 1.90. The number of fused-ring (bicyclic) bond motifs is 1. The minimum absolute atomic E-state index is 0.0533. The van der Waals surface area contributed by atoms with Crippen molar-refractivity contribution in [2.75, 3.05) is 12.8 Å². The molecule has 112 valence electrons. The Labute approximate surface area is 126 Å². The van der Waals surface area contributed by atoms with Gasteiger partial charge < -0.3 is 15.0 Å². The highest BCUT2D eigenvalue weighted by Crippen LogP contribution is 2.25. The van der Waals surface area contributed by atoms with Gasteiger partial charge in [0.05, 0.1) is 16.8 Å². The number of aryl methyl sites for hydroxylation is 2. The standard InChI is InChI=1S/C14H17N3O3S/c1-9-3-4-11-10(7-9)16-14(21-8-13(19)20)17(11)6-5-12(18)15-2/h3-4,7H,5-6,8H2,1-2H3,(H,15,18)(H,19,20). The van der Waals surface area contributed by atoms with Crippen LogP contribution in [0.2, 0.25) is 0 Å². The van der Waals surface area contributed by atoms with E-state index in [1.54, 1.807) is 7.05 Å². The molecule has 0 saturated heterocycles. The van der Waals surface area contributed by atoms with Gasteiger partial charge in [-0.1, -0.05) is 17.8 Å². The fourth-order valence-corrected chi connectivity index (χ4v) is 2.77. The van der Waals surface area contributed by atoms with Crippen molar-refractivity contribution < 1.29 is 14.7 Å². The molecular weight excluding hydrogens is 290 g/mol. The number of hydrogen-bond acceptors (Lipinski definition) is 4. The number of benzene rings is 1. The van der Waals surface area contributed by atoms with Gasteiger partial charge in [0.25, 0.3) is 0 Å². The van der Waals surface area contributed by atoms with E-state index >= 15 is 0 Å². The minimum atomic E-state index is -0.888. The smallest absolute Gasteiger partial charge is 0.313 e. The summed E-state index contributed by atoms with van der Waals surface area (Å²) in [6.45, 7) is 2.45. The Morgan fingerprint density at radius 2 is 2.19 bits per heavy atom. The second-order valence-electron chi connectivity index (χ2n) is 4.64. The lowest BCUT2D eigenvalue weighted by Crippen LogP contribution is -2.19. The fraction of sp³-hybridized carbons (Fsp3) is 0.357. The lowest BCUT2D eigenvalue weighted by molar-refractivity contribution is -0.134. The number of carbonyl (C=O) groups excluding carboxylic acids is 1. The van der Waals surface area contributed by atoms with E-state index in [1.165, 1.54) is 11.8 Å². The Balaban J connectivity index is 2.34. The second-order valence-corrected chi connectivity index (χ2v) is 5.59. The van der Waals surface area contributed by atoms with Crippen molar-refractivity contribution in [3.8, 4) is 0 Å². The molecular formula is C14H17N3O3S. The summed E-state index contributed by atoms with van der Waals surface area (Å²) in [6, 6.07) is 5.88. The van der Waals surface area contributed by atoms with Crippen molar-refractivity contribution in [2.45, 2.75) is 25.0 Å². The summed E-state index contributed by atoms with van der Waals surface area (Å²) in [4.78, 5) is 26.7. The van der Waals surface area contributed by atoms with E-state index in [9.17, 15) is 9.59 Å². The molecule has 0 saturated carbocycles. The lowest BCUT2D eigenvalue weighted by Gasteiger charge is -2.07. The Bertz CT molecular complexity index is 681. The quantitative estimate of drug-likeness (QED) is 0.793. The van der Waals surface area contributed by atoms with E-state index in [-0.39, 0.29) is 11.7 Å². The predicted molar refractivity (Wildman–Crippen MR) is 81.5 cm³/mol. The van der Waals surface area contributed by atoms with E-state index in [2.05, 4.69) is 10.3 Å². The highest BCUT2D eigenvalue weighted by atomic mass is 32.2.